The summed E-state index contributed by atoms with van der Waals surface area (Å²) in [5, 5.41) is 10.2. The first-order valence-corrected chi connectivity index (χ1v) is 9.07. The van der Waals surface area contributed by atoms with Gasteiger partial charge < -0.3 is 16.2 Å². The predicted octanol–water partition coefficient (Wildman–Crippen LogP) is 2.88. The number of ketones is 1. The summed E-state index contributed by atoms with van der Waals surface area (Å²) >= 11 is 6.31. The first-order chi connectivity index (χ1) is 13.6. The lowest BCUT2D eigenvalue weighted by atomic mass is 9.82. The number of carbonyl (C=O) groups is 2. The number of hydrogen-bond donors (Lipinski definition) is 2. The Bertz CT molecular complexity index is 1010. The second-order valence-corrected chi connectivity index (χ2v) is 7.59. The van der Waals surface area contributed by atoms with Gasteiger partial charge >= 0.3 is 5.97 Å². The summed E-state index contributed by atoms with van der Waals surface area (Å²) in [6.45, 7) is 4.96. The number of nitriles is 1. The molecule has 1 aliphatic rings. The topological polar surface area (TPSA) is 132 Å². The third-order valence-corrected chi connectivity index (χ3v) is 4.27. The van der Waals surface area contributed by atoms with Crippen molar-refractivity contribution in [2.24, 2.45) is 16.5 Å². The Labute approximate surface area is 174 Å². The van der Waals surface area contributed by atoms with Crippen molar-refractivity contribution in [2.45, 2.75) is 32.3 Å². The zero-order valence-corrected chi connectivity index (χ0v) is 17.0. The quantitative estimate of drug-likeness (QED) is 0.444. The molecule has 0 aromatic heterocycles. The summed E-state index contributed by atoms with van der Waals surface area (Å²) in [5.74, 6) is -2.47. The molecule has 150 valence electrons. The van der Waals surface area contributed by atoms with Crippen LogP contribution in [-0.4, -0.2) is 23.2 Å². The van der Waals surface area contributed by atoms with E-state index in [0.29, 0.717) is 16.2 Å². The average molecular weight is 413 g/mol. The Morgan fingerprint density at radius 3 is 2.52 bits per heavy atom. The number of rotatable bonds is 4. The van der Waals surface area contributed by atoms with Crippen molar-refractivity contribution in [1.29, 1.82) is 5.26 Å². The van der Waals surface area contributed by atoms with E-state index in [1.54, 1.807) is 45.0 Å². The van der Waals surface area contributed by atoms with E-state index in [-0.39, 0.29) is 17.1 Å². The number of ether oxygens (including phenoxy) is 1. The number of nitrogens with zero attached hydrogens (tertiary/aromatic N) is 2. The molecule has 8 heteroatoms. The molecular weight excluding hydrogens is 392 g/mol. The lowest BCUT2D eigenvalue weighted by molar-refractivity contribution is -0.160. The summed E-state index contributed by atoms with van der Waals surface area (Å²) in [6, 6.07) is 9.05. The molecule has 0 spiro atoms. The van der Waals surface area contributed by atoms with Crippen LogP contribution in [0.1, 0.15) is 32.3 Å². The van der Waals surface area contributed by atoms with Gasteiger partial charge in [0.25, 0.3) is 5.78 Å². The smallest absolute Gasteiger partial charge is 0.379 e. The minimum atomic E-state index is -1.01. The normalized spacial score (nSPS) is 18.5. The summed E-state index contributed by atoms with van der Waals surface area (Å²) in [4.78, 5) is 28.1. The maximum atomic E-state index is 12.1. The van der Waals surface area contributed by atoms with Gasteiger partial charge in [-0.15, -0.1) is 0 Å². The fraction of sp³-hybridized carbons (Fsp3) is 0.238. The van der Waals surface area contributed by atoms with Gasteiger partial charge in [-0.1, -0.05) is 29.8 Å². The summed E-state index contributed by atoms with van der Waals surface area (Å²) in [6.07, 6.45) is 3.53. The molecule has 1 aromatic carbocycles. The number of hydrogen-bond acceptors (Lipinski definition) is 7. The number of allylic oxidation sites excluding steroid dienone is 2. The van der Waals surface area contributed by atoms with E-state index in [4.69, 9.17) is 27.8 Å². The fourth-order valence-electron chi connectivity index (χ4n) is 2.72. The van der Waals surface area contributed by atoms with Crippen LogP contribution in [0.3, 0.4) is 0 Å². The summed E-state index contributed by atoms with van der Waals surface area (Å²) in [7, 11) is 0. The molecule has 0 bridgehead atoms. The van der Waals surface area contributed by atoms with Crippen molar-refractivity contribution < 1.29 is 14.3 Å². The Kier molecular flexibility index (Phi) is 6.62. The predicted molar refractivity (Wildman–Crippen MR) is 111 cm³/mol. The minimum Gasteiger partial charge on any atom is -0.454 e. The van der Waals surface area contributed by atoms with Gasteiger partial charge in [0.05, 0.1) is 23.3 Å². The Morgan fingerprint density at radius 2 is 1.97 bits per heavy atom. The molecule has 0 aliphatic carbocycles. The molecule has 7 nitrogen and oxygen atoms in total. The highest BCUT2D eigenvalue weighted by Gasteiger charge is 2.31. The number of nitrogens with two attached hydrogens (primary N) is 2. The van der Waals surface area contributed by atoms with Crippen molar-refractivity contribution >= 4 is 29.2 Å². The highest BCUT2D eigenvalue weighted by molar-refractivity contribution is 6.38. The van der Waals surface area contributed by atoms with Crippen LogP contribution in [0.15, 0.2) is 64.5 Å². The van der Waals surface area contributed by atoms with Crippen LogP contribution in [0.2, 0.25) is 5.02 Å². The van der Waals surface area contributed by atoms with Crippen molar-refractivity contribution in [3.63, 3.8) is 0 Å². The maximum absolute atomic E-state index is 12.1. The molecule has 0 saturated heterocycles. The lowest BCUT2D eigenvalue weighted by Crippen LogP contribution is -2.28. The number of benzene rings is 1. The Balaban J connectivity index is 2.49. The van der Waals surface area contributed by atoms with Gasteiger partial charge in [-0.3, -0.25) is 4.79 Å². The van der Waals surface area contributed by atoms with Gasteiger partial charge in [-0.2, -0.15) is 5.26 Å². The van der Waals surface area contributed by atoms with Gasteiger partial charge in [-0.25, -0.2) is 9.79 Å². The molecule has 0 radical (unpaired) electrons. The number of halogens is 1. The first kappa shape index (κ1) is 21.9. The molecule has 29 heavy (non-hydrogen) atoms. The van der Waals surface area contributed by atoms with E-state index in [0.717, 1.165) is 6.08 Å². The van der Waals surface area contributed by atoms with Crippen molar-refractivity contribution in [3.05, 3.63) is 70.0 Å². The SMILES string of the molecule is CC(C)(C)OC(=O)C(=O)/C=C/C1=C(C#N)C(c2ccccc2Cl)/C(=C/N)C(N)=N1. The molecule has 1 aliphatic heterocycles. The standard InChI is InChI=1S/C21H21ClN4O3/c1-21(2,3)29-20(28)17(27)9-8-16-13(10-23)18(14(11-24)19(25)26-16)12-6-4-5-7-15(12)22/h4-9,11,18H,24H2,1-3H3,(H2,25,26)/b9-8+,14-11-. The minimum absolute atomic E-state index is 0.0841. The molecule has 1 atom stereocenters. The van der Waals surface area contributed by atoms with Gasteiger partial charge in [-0.05, 0) is 44.6 Å². The van der Waals surface area contributed by atoms with Crippen LogP contribution in [0, 0.1) is 11.3 Å². The third-order valence-electron chi connectivity index (χ3n) is 3.92. The van der Waals surface area contributed by atoms with Crippen molar-refractivity contribution in [3.8, 4) is 6.07 Å². The van der Waals surface area contributed by atoms with E-state index >= 15 is 0 Å². The molecule has 0 amide bonds. The monoisotopic (exact) mass is 412 g/mol. The largest absolute Gasteiger partial charge is 0.454 e. The molecule has 0 fully saturated rings. The molecule has 1 aromatic rings. The van der Waals surface area contributed by atoms with Crippen LogP contribution in [0.5, 0.6) is 0 Å². The van der Waals surface area contributed by atoms with Crippen LogP contribution in [-0.2, 0) is 14.3 Å². The van der Waals surface area contributed by atoms with Gasteiger partial charge in [0.15, 0.2) is 0 Å². The highest BCUT2D eigenvalue weighted by Crippen LogP contribution is 2.40. The van der Waals surface area contributed by atoms with Crippen molar-refractivity contribution in [1.82, 2.24) is 0 Å². The van der Waals surface area contributed by atoms with E-state index in [9.17, 15) is 14.9 Å². The maximum Gasteiger partial charge on any atom is 0.379 e. The average Bonchev–Trinajstić information content (AvgIpc) is 2.64. The number of amidine groups is 1. The lowest BCUT2D eigenvalue weighted by Gasteiger charge is -2.25. The zero-order valence-electron chi connectivity index (χ0n) is 16.3. The van der Waals surface area contributed by atoms with Crippen LogP contribution >= 0.6 is 11.6 Å². The number of aliphatic imine (C=N–C) groups is 1. The molecule has 4 N–H and O–H groups in total. The van der Waals surface area contributed by atoms with Crippen LogP contribution in [0.4, 0.5) is 0 Å². The molecule has 2 rings (SSSR count). The third kappa shape index (κ3) is 5.12. The Hall–Kier alpha value is -3.37. The highest BCUT2D eigenvalue weighted by atomic mass is 35.5. The number of esters is 1. The molecule has 1 unspecified atom stereocenters. The van der Waals surface area contributed by atoms with Gasteiger partial charge in [0.1, 0.15) is 11.4 Å². The van der Waals surface area contributed by atoms with Crippen LogP contribution in [0.25, 0.3) is 0 Å². The van der Waals surface area contributed by atoms with E-state index in [1.807, 2.05) is 0 Å². The Morgan fingerprint density at radius 1 is 1.31 bits per heavy atom. The number of carbonyl (C=O) groups excluding carboxylic acids is 2. The second kappa shape index (κ2) is 8.76. The summed E-state index contributed by atoms with van der Waals surface area (Å²) < 4.78 is 5.03. The van der Waals surface area contributed by atoms with Crippen LogP contribution < -0.4 is 11.5 Å². The molecule has 0 saturated carbocycles. The van der Waals surface area contributed by atoms with Gasteiger partial charge in [0, 0.05) is 16.8 Å². The first-order valence-electron chi connectivity index (χ1n) is 8.69. The second-order valence-electron chi connectivity index (χ2n) is 7.18. The van der Waals surface area contributed by atoms with E-state index in [2.05, 4.69) is 11.1 Å². The fourth-order valence-corrected chi connectivity index (χ4v) is 2.96. The molecule has 1 heterocycles. The molecular formula is C21H21ClN4O3. The van der Waals surface area contributed by atoms with Crippen molar-refractivity contribution in [2.75, 3.05) is 0 Å². The zero-order chi connectivity index (χ0) is 21.8. The van der Waals surface area contributed by atoms with E-state index in [1.165, 1.54) is 12.3 Å². The van der Waals surface area contributed by atoms with Gasteiger partial charge in [0.2, 0.25) is 0 Å². The van der Waals surface area contributed by atoms with E-state index < -0.39 is 23.3 Å². The summed E-state index contributed by atoms with van der Waals surface area (Å²) in [5.41, 5.74) is 12.3.